The first-order valence-electron chi connectivity index (χ1n) is 5.77. The molecule has 2 aromatic rings. The second kappa shape index (κ2) is 7.18. The van der Waals surface area contributed by atoms with E-state index < -0.39 is 0 Å². The van der Waals surface area contributed by atoms with E-state index in [9.17, 15) is 0 Å². The molecule has 0 saturated carbocycles. The van der Waals surface area contributed by atoms with Crippen molar-refractivity contribution in [3.05, 3.63) is 72.1 Å². The maximum absolute atomic E-state index is 4.37. The number of nitrogens with zero attached hydrogens (tertiary/aromatic N) is 1. The number of hydrogen-bond acceptors (Lipinski definition) is 1. The summed E-state index contributed by atoms with van der Waals surface area (Å²) < 4.78 is 0. The van der Waals surface area contributed by atoms with Gasteiger partial charge in [0.15, 0.2) is 0 Å². The van der Waals surface area contributed by atoms with Crippen molar-refractivity contribution in [2.75, 3.05) is 0 Å². The first kappa shape index (κ1) is 14.7. The van der Waals surface area contributed by atoms with E-state index in [1.807, 2.05) is 42.5 Å². The molecule has 2 heteroatoms. The second-order valence-electron chi connectivity index (χ2n) is 3.86. The van der Waals surface area contributed by atoms with Gasteiger partial charge in [0.05, 0.1) is 0 Å². The predicted octanol–water partition coefficient (Wildman–Crippen LogP) is 4.06. The largest absolute Gasteiger partial charge is 2.00 e. The molecule has 0 atom stereocenters. The summed E-state index contributed by atoms with van der Waals surface area (Å²) in [6.45, 7) is 6.08. The van der Waals surface area contributed by atoms with Crippen LogP contribution < -0.4 is 0 Å². The molecule has 0 fully saturated rings. The number of rotatable bonds is 3. The smallest absolute Gasteiger partial charge is 0.353 e. The van der Waals surface area contributed by atoms with Crippen LogP contribution in [0.1, 0.15) is 23.6 Å². The fraction of sp³-hybridized carbons (Fsp3) is 0.125. The van der Waals surface area contributed by atoms with E-state index in [2.05, 4.69) is 31.1 Å². The molecular weight excluding hydrogens is 390 g/mol. The maximum Gasteiger partial charge on any atom is 2.00 e. The SMILES string of the molecule is [CH2-]c1ccccc1N=[C-]c1ccccc1CC.[W+2]. The van der Waals surface area contributed by atoms with Crippen molar-refractivity contribution in [1.29, 1.82) is 0 Å². The van der Waals surface area contributed by atoms with Crippen LogP contribution in [0, 0.1) is 6.92 Å². The second-order valence-corrected chi connectivity index (χ2v) is 3.86. The van der Waals surface area contributed by atoms with E-state index in [0.717, 1.165) is 23.2 Å². The Labute approximate surface area is 123 Å². The van der Waals surface area contributed by atoms with Gasteiger partial charge in [-0.3, -0.25) is 0 Å². The van der Waals surface area contributed by atoms with E-state index in [4.69, 9.17) is 0 Å². The summed E-state index contributed by atoms with van der Waals surface area (Å²) in [6.07, 6.45) is 4.10. The standard InChI is InChI=1S/C16H15N.W/c1-3-14-9-5-6-10-15(14)12-17-16-11-7-4-8-13(16)2;/h4-11H,2-3H2,1H3;/q-2;+2. The number of benzene rings is 2. The van der Waals surface area contributed by atoms with Gasteiger partial charge in [-0.2, -0.15) is 18.6 Å². The molecular formula is C16H15NW. The monoisotopic (exact) mass is 405 g/mol. The van der Waals surface area contributed by atoms with Crippen LogP contribution in [0.2, 0.25) is 0 Å². The fourth-order valence-electron chi connectivity index (χ4n) is 1.68. The zero-order valence-corrected chi connectivity index (χ0v) is 13.3. The Balaban J connectivity index is 0.00000162. The summed E-state index contributed by atoms with van der Waals surface area (Å²) in [5.74, 6) is 0. The Bertz CT molecular complexity index is 532. The minimum atomic E-state index is 0. The van der Waals surface area contributed by atoms with Gasteiger partial charge < -0.3 is 4.99 Å². The van der Waals surface area contributed by atoms with Crippen LogP contribution in [-0.2, 0) is 27.5 Å². The summed E-state index contributed by atoms with van der Waals surface area (Å²) >= 11 is 0. The number of aliphatic imine (C=N–C) groups is 1. The minimum Gasteiger partial charge on any atom is -0.353 e. The number of aryl methyl sites for hydroxylation is 1. The summed E-state index contributed by atoms with van der Waals surface area (Å²) in [7, 11) is 0. The van der Waals surface area contributed by atoms with Crippen LogP contribution in [0.3, 0.4) is 0 Å². The molecule has 0 saturated heterocycles. The summed E-state index contributed by atoms with van der Waals surface area (Å²) in [6, 6.07) is 16.0. The topological polar surface area (TPSA) is 12.4 Å². The van der Waals surface area contributed by atoms with E-state index >= 15 is 0 Å². The minimum absolute atomic E-state index is 0. The van der Waals surface area contributed by atoms with E-state index in [0.29, 0.717) is 0 Å². The molecule has 0 N–H and O–H groups in total. The van der Waals surface area contributed by atoms with Gasteiger partial charge in [0.1, 0.15) is 0 Å². The van der Waals surface area contributed by atoms with Gasteiger partial charge in [-0.25, -0.2) is 0 Å². The van der Waals surface area contributed by atoms with Crippen LogP contribution in [0.15, 0.2) is 53.5 Å². The Hall–Kier alpha value is -1.33. The summed E-state index contributed by atoms with van der Waals surface area (Å²) in [4.78, 5) is 4.37. The van der Waals surface area contributed by atoms with E-state index in [1.165, 1.54) is 5.56 Å². The molecule has 90 valence electrons. The van der Waals surface area contributed by atoms with Crippen molar-refractivity contribution in [3.8, 4) is 0 Å². The van der Waals surface area contributed by atoms with Crippen molar-refractivity contribution in [3.63, 3.8) is 0 Å². The Morgan fingerprint density at radius 3 is 2.44 bits per heavy atom. The number of para-hydroxylation sites is 1. The first-order valence-corrected chi connectivity index (χ1v) is 5.77. The Morgan fingerprint density at radius 1 is 1.06 bits per heavy atom. The van der Waals surface area contributed by atoms with Gasteiger partial charge in [0.25, 0.3) is 0 Å². The van der Waals surface area contributed by atoms with Gasteiger partial charge in [-0.15, -0.1) is 35.4 Å². The van der Waals surface area contributed by atoms with Gasteiger partial charge in [0.2, 0.25) is 0 Å². The molecule has 0 aliphatic carbocycles. The van der Waals surface area contributed by atoms with Crippen molar-refractivity contribution >= 4 is 11.9 Å². The van der Waals surface area contributed by atoms with Gasteiger partial charge in [-0.1, -0.05) is 31.5 Å². The average molecular weight is 405 g/mol. The fourth-order valence-corrected chi connectivity index (χ4v) is 1.68. The Kier molecular flexibility index (Phi) is 5.88. The van der Waals surface area contributed by atoms with Crippen molar-refractivity contribution < 1.29 is 21.1 Å². The van der Waals surface area contributed by atoms with Gasteiger partial charge in [-0.05, 0) is 11.9 Å². The predicted molar refractivity (Wildman–Crippen MR) is 72.9 cm³/mol. The van der Waals surface area contributed by atoms with Crippen LogP contribution >= 0.6 is 0 Å². The van der Waals surface area contributed by atoms with Crippen molar-refractivity contribution in [2.24, 2.45) is 4.99 Å². The molecule has 18 heavy (non-hydrogen) atoms. The molecule has 0 amide bonds. The molecule has 2 aromatic carbocycles. The van der Waals surface area contributed by atoms with Crippen molar-refractivity contribution in [2.45, 2.75) is 13.3 Å². The quantitative estimate of drug-likeness (QED) is 0.540. The molecule has 0 heterocycles. The van der Waals surface area contributed by atoms with Crippen LogP contribution in [0.4, 0.5) is 5.69 Å². The summed E-state index contributed by atoms with van der Waals surface area (Å²) in [5.41, 5.74) is 4.11. The third-order valence-electron chi connectivity index (χ3n) is 2.69. The molecule has 0 spiro atoms. The summed E-state index contributed by atoms with van der Waals surface area (Å²) in [5, 5.41) is 0. The molecule has 0 aliphatic rings. The van der Waals surface area contributed by atoms with Crippen molar-refractivity contribution in [1.82, 2.24) is 0 Å². The molecule has 0 unspecified atom stereocenters. The zero-order valence-electron chi connectivity index (χ0n) is 10.4. The molecule has 0 bridgehead atoms. The van der Waals surface area contributed by atoms with E-state index in [1.54, 1.807) is 0 Å². The third-order valence-corrected chi connectivity index (χ3v) is 2.69. The number of hydrogen-bond donors (Lipinski definition) is 0. The average Bonchev–Trinajstić information content (AvgIpc) is 2.38. The third kappa shape index (κ3) is 3.58. The van der Waals surface area contributed by atoms with Crippen LogP contribution in [0.5, 0.6) is 0 Å². The molecule has 1 nitrogen and oxygen atoms in total. The normalized spacial score (nSPS) is 10.3. The molecule has 2 rings (SSSR count). The molecule has 0 aromatic heterocycles. The van der Waals surface area contributed by atoms with Crippen LogP contribution in [0.25, 0.3) is 0 Å². The first-order chi connectivity index (χ1) is 8.31. The zero-order chi connectivity index (χ0) is 12.1. The molecule has 0 radical (unpaired) electrons. The van der Waals surface area contributed by atoms with Crippen LogP contribution in [-0.4, -0.2) is 6.21 Å². The molecule has 0 aliphatic heterocycles. The maximum atomic E-state index is 4.37. The van der Waals surface area contributed by atoms with E-state index in [-0.39, 0.29) is 21.1 Å². The Morgan fingerprint density at radius 2 is 1.72 bits per heavy atom. The van der Waals surface area contributed by atoms with Gasteiger partial charge >= 0.3 is 21.1 Å². The van der Waals surface area contributed by atoms with Gasteiger partial charge in [0, 0.05) is 0 Å².